The number of ether oxygens (including phenoxy) is 1. The molecule has 1 aromatic heterocycles. The van der Waals surface area contributed by atoms with Crippen LogP contribution in [0, 0.1) is 11.3 Å². The van der Waals surface area contributed by atoms with Crippen LogP contribution >= 0.6 is 0 Å². The minimum atomic E-state index is 0.813. The summed E-state index contributed by atoms with van der Waals surface area (Å²) in [7, 11) is 1.65. The Hall–Kier alpha value is -1.95. The van der Waals surface area contributed by atoms with E-state index in [-0.39, 0.29) is 0 Å². The molecule has 1 aliphatic rings. The molecule has 0 spiro atoms. The van der Waals surface area contributed by atoms with Gasteiger partial charge in [-0.05, 0) is 31.0 Å². The van der Waals surface area contributed by atoms with Crippen molar-refractivity contribution in [2.75, 3.05) is 7.11 Å². The second-order valence-electron chi connectivity index (χ2n) is 4.07. The maximum atomic E-state index is 9.25. The molecule has 1 aromatic carbocycles. The van der Waals surface area contributed by atoms with Crippen LogP contribution in [0.15, 0.2) is 18.2 Å². The zero-order chi connectivity index (χ0) is 11.1. The van der Waals surface area contributed by atoms with Crippen LogP contribution in [0.2, 0.25) is 0 Å². The van der Waals surface area contributed by atoms with Crippen molar-refractivity contribution in [3.63, 3.8) is 0 Å². The SMILES string of the molecule is COc1ccc2c(c1)c(C#N)c1n2CCC1. The van der Waals surface area contributed by atoms with Gasteiger partial charge >= 0.3 is 0 Å². The molecule has 0 bridgehead atoms. The number of rotatable bonds is 1. The fraction of sp³-hybridized carbons (Fsp3) is 0.308. The van der Waals surface area contributed by atoms with Gasteiger partial charge in [-0.25, -0.2) is 0 Å². The highest BCUT2D eigenvalue weighted by Gasteiger charge is 2.20. The second-order valence-corrected chi connectivity index (χ2v) is 4.07. The summed E-state index contributed by atoms with van der Waals surface area (Å²) in [6, 6.07) is 8.28. The van der Waals surface area contributed by atoms with Crippen LogP contribution in [0.5, 0.6) is 5.75 Å². The molecule has 0 unspecified atom stereocenters. The molecule has 0 atom stereocenters. The van der Waals surface area contributed by atoms with Crippen molar-refractivity contribution in [2.24, 2.45) is 0 Å². The van der Waals surface area contributed by atoms with Crippen LogP contribution in [-0.4, -0.2) is 11.7 Å². The fourth-order valence-corrected chi connectivity index (χ4v) is 2.56. The predicted molar refractivity (Wildman–Crippen MR) is 61.5 cm³/mol. The Morgan fingerprint density at radius 3 is 3.06 bits per heavy atom. The summed E-state index contributed by atoms with van der Waals surface area (Å²) >= 11 is 0. The number of nitriles is 1. The molecule has 0 saturated carbocycles. The molecule has 1 aliphatic heterocycles. The molecule has 80 valence electrons. The van der Waals surface area contributed by atoms with Gasteiger partial charge in [0.05, 0.1) is 12.7 Å². The lowest BCUT2D eigenvalue weighted by Crippen LogP contribution is -1.91. The Bertz CT molecular complexity index is 604. The summed E-state index contributed by atoms with van der Waals surface area (Å²) in [4.78, 5) is 0. The molecular weight excluding hydrogens is 200 g/mol. The average Bonchev–Trinajstić information content (AvgIpc) is 2.87. The van der Waals surface area contributed by atoms with E-state index in [4.69, 9.17) is 4.74 Å². The molecule has 2 aromatic rings. The van der Waals surface area contributed by atoms with Crippen molar-refractivity contribution in [1.29, 1.82) is 5.26 Å². The zero-order valence-corrected chi connectivity index (χ0v) is 9.16. The van der Waals surface area contributed by atoms with Gasteiger partial charge in [-0.15, -0.1) is 0 Å². The highest BCUT2D eigenvalue weighted by molar-refractivity contribution is 5.89. The Balaban J connectivity index is 2.39. The third-order valence-electron chi connectivity index (χ3n) is 3.29. The summed E-state index contributed by atoms with van der Waals surface area (Å²) in [5.41, 5.74) is 3.17. The minimum absolute atomic E-state index is 0.813. The fourth-order valence-electron chi connectivity index (χ4n) is 2.56. The molecule has 0 N–H and O–H groups in total. The molecule has 3 nitrogen and oxygen atoms in total. The molecule has 3 rings (SSSR count). The first-order valence-corrected chi connectivity index (χ1v) is 5.44. The first-order chi connectivity index (χ1) is 7.85. The van der Waals surface area contributed by atoms with E-state index in [1.165, 1.54) is 5.69 Å². The van der Waals surface area contributed by atoms with Gasteiger partial charge < -0.3 is 9.30 Å². The number of hydrogen-bond donors (Lipinski definition) is 0. The van der Waals surface area contributed by atoms with Gasteiger partial charge in [0.25, 0.3) is 0 Å². The molecule has 3 heteroatoms. The van der Waals surface area contributed by atoms with Crippen molar-refractivity contribution in [3.8, 4) is 11.8 Å². The van der Waals surface area contributed by atoms with E-state index < -0.39 is 0 Å². The van der Waals surface area contributed by atoms with E-state index in [0.717, 1.165) is 41.6 Å². The van der Waals surface area contributed by atoms with Crippen LogP contribution in [0.25, 0.3) is 10.9 Å². The Morgan fingerprint density at radius 2 is 2.31 bits per heavy atom. The molecule has 0 aliphatic carbocycles. The molecule has 0 amide bonds. The van der Waals surface area contributed by atoms with Crippen LogP contribution in [0.1, 0.15) is 17.7 Å². The van der Waals surface area contributed by atoms with Crippen molar-refractivity contribution in [1.82, 2.24) is 4.57 Å². The number of aromatic nitrogens is 1. The first-order valence-electron chi connectivity index (χ1n) is 5.44. The van der Waals surface area contributed by atoms with Crippen LogP contribution < -0.4 is 4.74 Å². The van der Waals surface area contributed by atoms with E-state index in [2.05, 4.69) is 10.6 Å². The lowest BCUT2D eigenvalue weighted by molar-refractivity contribution is 0.415. The number of aryl methyl sites for hydroxylation is 1. The van der Waals surface area contributed by atoms with Crippen molar-refractivity contribution in [2.45, 2.75) is 19.4 Å². The van der Waals surface area contributed by atoms with Crippen molar-refractivity contribution in [3.05, 3.63) is 29.5 Å². The van der Waals surface area contributed by atoms with E-state index in [1.54, 1.807) is 7.11 Å². The maximum Gasteiger partial charge on any atom is 0.119 e. The number of hydrogen-bond acceptors (Lipinski definition) is 2. The summed E-state index contributed by atoms with van der Waals surface area (Å²) in [6.07, 6.45) is 2.16. The zero-order valence-electron chi connectivity index (χ0n) is 9.16. The number of nitrogens with zero attached hydrogens (tertiary/aromatic N) is 2. The highest BCUT2D eigenvalue weighted by atomic mass is 16.5. The lowest BCUT2D eigenvalue weighted by atomic mass is 10.1. The van der Waals surface area contributed by atoms with E-state index in [0.29, 0.717) is 0 Å². The van der Waals surface area contributed by atoms with Crippen LogP contribution in [-0.2, 0) is 13.0 Å². The Kier molecular flexibility index (Phi) is 1.90. The van der Waals surface area contributed by atoms with Gasteiger partial charge in [0.2, 0.25) is 0 Å². The van der Waals surface area contributed by atoms with Gasteiger partial charge in [-0.2, -0.15) is 5.26 Å². The van der Waals surface area contributed by atoms with E-state index >= 15 is 0 Å². The molecule has 0 saturated heterocycles. The van der Waals surface area contributed by atoms with Gasteiger partial charge in [0.15, 0.2) is 0 Å². The molecule has 2 heterocycles. The third-order valence-corrected chi connectivity index (χ3v) is 3.29. The molecule has 0 fully saturated rings. The maximum absolute atomic E-state index is 9.25. The topological polar surface area (TPSA) is 37.9 Å². The quantitative estimate of drug-likeness (QED) is 0.728. The van der Waals surface area contributed by atoms with Crippen LogP contribution in [0.3, 0.4) is 0 Å². The standard InChI is InChI=1S/C13H12N2O/c1-16-9-4-5-13-10(7-9)11(8-14)12-3-2-6-15(12)13/h4-5,7H,2-3,6H2,1H3. The second kappa shape index (κ2) is 3.28. The molecule has 16 heavy (non-hydrogen) atoms. The van der Waals surface area contributed by atoms with Gasteiger partial charge in [0.1, 0.15) is 11.8 Å². The summed E-state index contributed by atoms with van der Waals surface area (Å²) in [5.74, 6) is 0.813. The van der Waals surface area contributed by atoms with Gasteiger partial charge in [-0.3, -0.25) is 0 Å². The number of benzene rings is 1. The van der Waals surface area contributed by atoms with Gasteiger partial charge in [0, 0.05) is 23.1 Å². The minimum Gasteiger partial charge on any atom is -0.497 e. The summed E-state index contributed by atoms with van der Waals surface area (Å²) in [6.45, 7) is 1.03. The Morgan fingerprint density at radius 1 is 1.44 bits per heavy atom. The lowest BCUT2D eigenvalue weighted by Gasteiger charge is -2.01. The number of fused-ring (bicyclic) bond motifs is 3. The average molecular weight is 212 g/mol. The van der Waals surface area contributed by atoms with E-state index in [9.17, 15) is 5.26 Å². The Labute approximate surface area is 93.9 Å². The first kappa shape index (κ1) is 9.29. The highest BCUT2D eigenvalue weighted by Crippen LogP contribution is 2.32. The van der Waals surface area contributed by atoms with Crippen molar-refractivity contribution < 1.29 is 4.74 Å². The molecular formula is C13H12N2O. The van der Waals surface area contributed by atoms with Gasteiger partial charge in [-0.1, -0.05) is 0 Å². The largest absolute Gasteiger partial charge is 0.497 e. The molecule has 0 radical (unpaired) electrons. The van der Waals surface area contributed by atoms with E-state index in [1.807, 2.05) is 18.2 Å². The van der Waals surface area contributed by atoms with Crippen LogP contribution in [0.4, 0.5) is 0 Å². The van der Waals surface area contributed by atoms with Crippen molar-refractivity contribution >= 4 is 10.9 Å². The third kappa shape index (κ3) is 1.07. The number of methoxy groups -OCH3 is 1. The predicted octanol–water partition coefficient (Wildman–Crippen LogP) is 2.47. The summed E-state index contributed by atoms with van der Waals surface area (Å²) < 4.78 is 7.46. The smallest absolute Gasteiger partial charge is 0.119 e. The summed E-state index contributed by atoms with van der Waals surface area (Å²) in [5, 5.41) is 10.3. The monoisotopic (exact) mass is 212 g/mol. The normalized spacial score (nSPS) is 13.8.